The van der Waals surface area contributed by atoms with E-state index in [0.717, 1.165) is 21.5 Å². The van der Waals surface area contributed by atoms with Crippen molar-refractivity contribution in [1.29, 1.82) is 0 Å². The summed E-state index contributed by atoms with van der Waals surface area (Å²) in [6, 6.07) is 10.4. The fourth-order valence-electron chi connectivity index (χ4n) is 2.28. The second kappa shape index (κ2) is 3.92. The molecule has 0 spiro atoms. The summed E-state index contributed by atoms with van der Waals surface area (Å²) < 4.78 is 12.3. The van der Waals surface area contributed by atoms with Crippen LogP contribution in [0, 0.1) is 0 Å². The fourth-order valence-corrected chi connectivity index (χ4v) is 3.84. The average molecular weight is 366 g/mol. The first-order valence-electron chi connectivity index (χ1n) is 5.49. The van der Waals surface area contributed by atoms with E-state index in [1.165, 1.54) is 15.2 Å². The van der Waals surface area contributed by atoms with Crippen LogP contribution in [0.4, 0.5) is 0 Å². The molecule has 4 rings (SSSR count). The Kier molecular flexibility index (Phi) is 2.34. The van der Waals surface area contributed by atoms with Crippen molar-refractivity contribution < 1.29 is 4.74 Å². The van der Waals surface area contributed by atoms with E-state index in [4.69, 9.17) is 4.74 Å². The van der Waals surface area contributed by atoms with Crippen LogP contribution in [0.15, 0.2) is 34.8 Å². The Hall–Kier alpha value is -1.16. The standard InChI is InChI=1S/C13H7BrN2OSe/c14-8-2-3-9-7(5-8)1-4-10-12(9)13-11(6-17-10)18-16-15-13/h1-5H,6H2. The van der Waals surface area contributed by atoms with E-state index in [9.17, 15) is 0 Å². The van der Waals surface area contributed by atoms with Crippen molar-refractivity contribution in [3.8, 4) is 17.0 Å². The topological polar surface area (TPSA) is 35.0 Å². The number of hydrogen-bond donors (Lipinski definition) is 0. The van der Waals surface area contributed by atoms with Gasteiger partial charge in [-0.1, -0.05) is 0 Å². The third-order valence-corrected chi connectivity index (χ3v) is 5.05. The van der Waals surface area contributed by atoms with Crippen molar-refractivity contribution in [3.05, 3.63) is 39.2 Å². The van der Waals surface area contributed by atoms with E-state index in [-0.39, 0.29) is 14.7 Å². The average Bonchev–Trinajstić information content (AvgIpc) is 2.86. The molecule has 0 saturated carbocycles. The molecule has 0 atom stereocenters. The minimum atomic E-state index is 0.116. The molecular weight excluding hydrogens is 359 g/mol. The van der Waals surface area contributed by atoms with Gasteiger partial charge in [0.2, 0.25) is 0 Å². The number of aromatic nitrogens is 2. The molecule has 2 heterocycles. The zero-order chi connectivity index (χ0) is 12.1. The molecule has 0 N–H and O–H groups in total. The number of nitrogens with zero attached hydrogens (tertiary/aromatic N) is 2. The van der Waals surface area contributed by atoms with Gasteiger partial charge in [0.1, 0.15) is 0 Å². The Morgan fingerprint density at radius 1 is 1.22 bits per heavy atom. The van der Waals surface area contributed by atoms with E-state index in [1.807, 2.05) is 6.07 Å². The molecule has 88 valence electrons. The van der Waals surface area contributed by atoms with E-state index >= 15 is 0 Å². The van der Waals surface area contributed by atoms with Crippen LogP contribution in [0.2, 0.25) is 0 Å². The van der Waals surface area contributed by atoms with Gasteiger partial charge in [0.15, 0.2) is 0 Å². The van der Waals surface area contributed by atoms with E-state index in [0.29, 0.717) is 6.61 Å². The van der Waals surface area contributed by atoms with Crippen LogP contribution >= 0.6 is 15.9 Å². The summed E-state index contributed by atoms with van der Waals surface area (Å²) in [6.07, 6.45) is 0. The van der Waals surface area contributed by atoms with Gasteiger partial charge in [0.25, 0.3) is 0 Å². The monoisotopic (exact) mass is 366 g/mol. The van der Waals surface area contributed by atoms with Crippen LogP contribution in [-0.4, -0.2) is 23.9 Å². The van der Waals surface area contributed by atoms with Gasteiger partial charge < -0.3 is 0 Å². The van der Waals surface area contributed by atoms with E-state index < -0.39 is 0 Å². The summed E-state index contributed by atoms with van der Waals surface area (Å²) in [5.74, 6) is 0.917. The molecule has 0 aliphatic carbocycles. The minimum absolute atomic E-state index is 0.116. The number of benzene rings is 2. The van der Waals surface area contributed by atoms with Crippen molar-refractivity contribution in [2.75, 3.05) is 0 Å². The van der Waals surface area contributed by atoms with Gasteiger partial charge in [0, 0.05) is 0 Å². The fraction of sp³-hybridized carbons (Fsp3) is 0.0769. The van der Waals surface area contributed by atoms with Gasteiger partial charge in [-0.15, -0.1) is 0 Å². The zero-order valence-corrected chi connectivity index (χ0v) is 12.5. The third kappa shape index (κ3) is 1.48. The summed E-state index contributed by atoms with van der Waals surface area (Å²) in [5.41, 5.74) is 2.13. The summed E-state index contributed by atoms with van der Waals surface area (Å²) in [5, 5.41) is 6.68. The van der Waals surface area contributed by atoms with Gasteiger partial charge >= 0.3 is 118 Å². The molecule has 0 radical (unpaired) electrons. The van der Waals surface area contributed by atoms with Gasteiger partial charge in [-0.2, -0.15) is 0 Å². The van der Waals surface area contributed by atoms with Crippen molar-refractivity contribution in [2.45, 2.75) is 6.61 Å². The number of rotatable bonds is 0. The molecule has 18 heavy (non-hydrogen) atoms. The molecular formula is C13H7BrN2OSe. The van der Waals surface area contributed by atoms with E-state index in [2.05, 4.69) is 49.4 Å². The molecule has 1 aliphatic rings. The first-order chi connectivity index (χ1) is 8.83. The normalized spacial score (nSPS) is 12.9. The van der Waals surface area contributed by atoms with Crippen molar-refractivity contribution >= 4 is 41.4 Å². The molecule has 5 heteroatoms. The van der Waals surface area contributed by atoms with Crippen LogP contribution in [0.25, 0.3) is 22.0 Å². The molecule has 3 aromatic rings. The number of fused-ring (bicyclic) bond motifs is 5. The molecule has 0 unspecified atom stereocenters. The summed E-state index contributed by atoms with van der Waals surface area (Å²) >= 11 is 3.62. The SMILES string of the molecule is Brc1ccc2c3c(ccc2c1)OCc1[se]nnc1-3. The molecule has 0 fully saturated rings. The molecule has 3 nitrogen and oxygen atoms in total. The zero-order valence-electron chi connectivity index (χ0n) is 9.18. The van der Waals surface area contributed by atoms with Crippen LogP contribution in [0.3, 0.4) is 0 Å². The summed E-state index contributed by atoms with van der Waals surface area (Å²) in [4.78, 5) is 0. The first kappa shape index (κ1) is 10.7. The van der Waals surface area contributed by atoms with Crippen LogP contribution in [0.1, 0.15) is 4.44 Å². The summed E-state index contributed by atoms with van der Waals surface area (Å²) in [6.45, 7) is 0.636. The Balaban J connectivity index is 2.14. The van der Waals surface area contributed by atoms with Gasteiger partial charge in [0.05, 0.1) is 0 Å². The second-order valence-electron chi connectivity index (χ2n) is 4.14. The molecule has 0 saturated heterocycles. The molecule has 1 aliphatic heterocycles. The van der Waals surface area contributed by atoms with Gasteiger partial charge in [-0.25, -0.2) is 0 Å². The first-order valence-corrected chi connectivity index (χ1v) is 7.91. The van der Waals surface area contributed by atoms with Gasteiger partial charge in [-0.3, -0.25) is 0 Å². The Bertz CT molecular complexity index is 769. The predicted octanol–water partition coefficient (Wildman–Crippen LogP) is 3.01. The third-order valence-electron chi connectivity index (χ3n) is 3.10. The quantitative estimate of drug-likeness (QED) is 0.574. The maximum absolute atomic E-state index is 5.80. The van der Waals surface area contributed by atoms with Gasteiger partial charge in [-0.05, 0) is 0 Å². The van der Waals surface area contributed by atoms with Crippen molar-refractivity contribution in [1.82, 2.24) is 9.19 Å². The molecule has 0 amide bonds. The van der Waals surface area contributed by atoms with Crippen LogP contribution in [0.5, 0.6) is 5.75 Å². The number of ether oxygens (including phenoxy) is 1. The van der Waals surface area contributed by atoms with Crippen LogP contribution < -0.4 is 4.74 Å². The van der Waals surface area contributed by atoms with Crippen molar-refractivity contribution in [3.63, 3.8) is 0 Å². The Morgan fingerprint density at radius 3 is 3.11 bits per heavy atom. The second-order valence-corrected chi connectivity index (χ2v) is 6.81. The van der Waals surface area contributed by atoms with E-state index in [1.54, 1.807) is 0 Å². The Labute approximate surface area is 118 Å². The van der Waals surface area contributed by atoms with Crippen LogP contribution in [-0.2, 0) is 6.61 Å². The molecule has 2 aromatic carbocycles. The molecule has 0 bridgehead atoms. The summed E-state index contributed by atoms with van der Waals surface area (Å²) in [7, 11) is 0. The van der Waals surface area contributed by atoms with Crippen molar-refractivity contribution in [2.24, 2.45) is 0 Å². The Morgan fingerprint density at radius 2 is 2.17 bits per heavy atom. The number of halogens is 1. The predicted molar refractivity (Wildman–Crippen MR) is 73.9 cm³/mol. The maximum atomic E-state index is 5.80. The number of hydrogen-bond acceptors (Lipinski definition) is 3. The molecule has 1 aromatic heterocycles.